The maximum Gasteiger partial charge on any atom is 0.251 e. The van der Waals surface area contributed by atoms with Crippen LogP contribution in [0.4, 0.5) is 0 Å². The second-order valence-corrected chi connectivity index (χ2v) is 6.66. The van der Waals surface area contributed by atoms with Gasteiger partial charge >= 0.3 is 0 Å². The van der Waals surface area contributed by atoms with Gasteiger partial charge in [-0.2, -0.15) is 11.8 Å². The maximum atomic E-state index is 12.1. The Morgan fingerprint density at radius 3 is 2.55 bits per heavy atom. The molecule has 0 aliphatic rings. The number of nitrogens with one attached hydrogen (secondary N) is 1. The molecular weight excluding hydrogens is 290 g/mol. The van der Waals surface area contributed by atoms with Crippen molar-refractivity contribution in [3.8, 4) is 0 Å². The van der Waals surface area contributed by atoms with Crippen LogP contribution in [0.5, 0.6) is 0 Å². The van der Waals surface area contributed by atoms with Gasteiger partial charge in [0.2, 0.25) is 0 Å². The first kappa shape index (κ1) is 16.6. The highest BCUT2D eigenvalue weighted by atomic mass is 32.2. The number of amides is 1. The summed E-state index contributed by atoms with van der Waals surface area (Å²) in [4.78, 5) is 12.1. The number of carbonyl (C=O) groups excluding carboxylic acids is 1. The van der Waals surface area contributed by atoms with Crippen molar-refractivity contribution in [3.63, 3.8) is 0 Å². The van der Waals surface area contributed by atoms with Crippen LogP contribution in [0, 0.1) is 20.8 Å². The molecule has 0 unspecified atom stereocenters. The second-order valence-electron chi connectivity index (χ2n) is 5.55. The standard InChI is InChI=1S/C19H23NOS/c1-14-8-9-18(16(3)12-14)19(21)20-10-11-22-13-17-7-5-4-6-15(17)2/h4-9,12H,10-11,13H2,1-3H3,(H,20,21). The molecule has 0 heterocycles. The zero-order chi connectivity index (χ0) is 15.9. The molecule has 2 rings (SSSR count). The van der Waals surface area contributed by atoms with E-state index in [2.05, 4.69) is 36.5 Å². The summed E-state index contributed by atoms with van der Waals surface area (Å²) in [6, 6.07) is 14.4. The molecule has 2 aromatic carbocycles. The van der Waals surface area contributed by atoms with Crippen molar-refractivity contribution >= 4 is 17.7 Å². The van der Waals surface area contributed by atoms with E-state index in [-0.39, 0.29) is 5.91 Å². The van der Waals surface area contributed by atoms with Crippen LogP contribution < -0.4 is 5.32 Å². The molecule has 116 valence electrons. The number of hydrogen-bond acceptors (Lipinski definition) is 2. The van der Waals surface area contributed by atoms with Crippen molar-refractivity contribution in [1.82, 2.24) is 5.32 Å². The molecule has 0 aliphatic carbocycles. The first-order valence-electron chi connectivity index (χ1n) is 7.55. The molecule has 3 heteroatoms. The number of benzene rings is 2. The van der Waals surface area contributed by atoms with Gasteiger partial charge in [0.05, 0.1) is 0 Å². The molecule has 0 fully saturated rings. The molecule has 1 amide bonds. The van der Waals surface area contributed by atoms with Crippen LogP contribution >= 0.6 is 11.8 Å². The molecule has 0 spiro atoms. The van der Waals surface area contributed by atoms with Gasteiger partial charge in [0.25, 0.3) is 5.91 Å². The Balaban J connectivity index is 1.75. The topological polar surface area (TPSA) is 29.1 Å². The first-order valence-corrected chi connectivity index (χ1v) is 8.71. The van der Waals surface area contributed by atoms with Gasteiger partial charge in [-0.05, 0) is 43.5 Å². The number of rotatable bonds is 6. The molecule has 0 atom stereocenters. The van der Waals surface area contributed by atoms with E-state index in [4.69, 9.17) is 0 Å². The van der Waals surface area contributed by atoms with Crippen molar-refractivity contribution in [3.05, 3.63) is 70.3 Å². The molecule has 2 aromatic rings. The summed E-state index contributed by atoms with van der Waals surface area (Å²) in [5.41, 5.74) is 5.69. The SMILES string of the molecule is Cc1ccc(C(=O)NCCSCc2ccccc2C)c(C)c1. The molecule has 22 heavy (non-hydrogen) atoms. The van der Waals surface area contributed by atoms with Crippen LogP contribution in [0.25, 0.3) is 0 Å². The first-order chi connectivity index (χ1) is 10.6. The normalized spacial score (nSPS) is 10.5. The number of carbonyl (C=O) groups is 1. The zero-order valence-corrected chi connectivity index (χ0v) is 14.3. The van der Waals surface area contributed by atoms with Crippen LogP contribution in [0.1, 0.15) is 32.6 Å². The van der Waals surface area contributed by atoms with E-state index >= 15 is 0 Å². The largest absolute Gasteiger partial charge is 0.351 e. The highest BCUT2D eigenvalue weighted by molar-refractivity contribution is 7.98. The predicted molar refractivity (Wildman–Crippen MR) is 95.6 cm³/mol. The molecular formula is C19H23NOS. The summed E-state index contributed by atoms with van der Waals surface area (Å²) in [6.45, 7) is 6.85. The summed E-state index contributed by atoms with van der Waals surface area (Å²) >= 11 is 1.85. The Morgan fingerprint density at radius 1 is 1.05 bits per heavy atom. The van der Waals surface area contributed by atoms with Crippen molar-refractivity contribution in [1.29, 1.82) is 0 Å². The fourth-order valence-corrected chi connectivity index (χ4v) is 3.29. The number of thioether (sulfide) groups is 1. The lowest BCUT2D eigenvalue weighted by atomic mass is 10.1. The highest BCUT2D eigenvalue weighted by Crippen LogP contribution is 2.15. The fraction of sp³-hybridized carbons (Fsp3) is 0.316. The third-order valence-corrected chi connectivity index (χ3v) is 4.69. The van der Waals surface area contributed by atoms with Gasteiger partial charge in [-0.1, -0.05) is 42.0 Å². The van der Waals surface area contributed by atoms with Gasteiger partial charge in [0.1, 0.15) is 0 Å². The van der Waals surface area contributed by atoms with E-state index in [1.54, 1.807) is 0 Å². The zero-order valence-electron chi connectivity index (χ0n) is 13.5. The lowest BCUT2D eigenvalue weighted by Crippen LogP contribution is -2.26. The summed E-state index contributed by atoms with van der Waals surface area (Å²) in [5.74, 6) is 1.94. The Morgan fingerprint density at radius 2 is 1.82 bits per heavy atom. The molecule has 0 saturated heterocycles. The predicted octanol–water partition coefficient (Wildman–Crippen LogP) is 4.28. The van der Waals surface area contributed by atoms with E-state index in [1.165, 1.54) is 16.7 Å². The minimum absolute atomic E-state index is 0.0222. The van der Waals surface area contributed by atoms with Crippen molar-refractivity contribution < 1.29 is 4.79 Å². The molecule has 0 saturated carbocycles. The van der Waals surface area contributed by atoms with Crippen molar-refractivity contribution in [2.75, 3.05) is 12.3 Å². The quantitative estimate of drug-likeness (QED) is 0.807. The Labute approximate surface area is 137 Å². The van der Waals surface area contributed by atoms with Gasteiger partial charge in [-0.25, -0.2) is 0 Å². The molecule has 0 bridgehead atoms. The minimum atomic E-state index is 0.0222. The smallest absolute Gasteiger partial charge is 0.251 e. The van der Waals surface area contributed by atoms with Gasteiger partial charge in [0, 0.05) is 23.6 Å². The van der Waals surface area contributed by atoms with Crippen LogP contribution in [0.3, 0.4) is 0 Å². The Bertz CT molecular complexity index is 652. The summed E-state index contributed by atoms with van der Waals surface area (Å²) in [6.07, 6.45) is 0. The van der Waals surface area contributed by atoms with E-state index in [0.29, 0.717) is 6.54 Å². The molecule has 1 N–H and O–H groups in total. The van der Waals surface area contributed by atoms with E-state index in [1.807, 2.05) is 43.8 Å². The average molecular weight is 313 g/mol. The van der Waals surface area contributed by atoms with Gasteiger partial charge in [-0.3, -0.25) is 4.79 Å². The maximum absolute atomic E-state index is 12.1. The summed E-state index contributed by atoms with van der Waals surface area (Å²) in [7, 11) is 0. The third kappa shape index (κ3) is 4.63. The van der Waals surface area contributed by atoms with Gasteiger partial charge in [0.15, 0.2) is 0 Å². The average Bonchev–Trinajstić information content (AvgIpc) is 2.48. The highest BCUT2D eigenvalue weighted by Gasteiger charge is 2.08. The lowest BCUT2D eigenvalue weighted by molar-refractivity contribution is 0.0955. The van der Waals surface area contributed by atoms with E-state index < -0.39 is 0 Å². The number of hydrogen-bond donors (Lipinski definition) is 1. The fourth-order valence-electron chi connectivity index (χ4n) is 2.35. The second kappa shape index (κ2) is 8.04. The minimum Gasteiger partial charge on any atom is -0.351 e. The molecule has 0 aromatic heterocycles. The van der Waals surface area contributed by atoms with E-state index in [9.17, 15) is 4.79 Å². The van der Waals surface area contributed by atoms with E-state index in [0.717, 1.165) is 22.6 Å². The van der Waals surface area contributed by atoms with Gasteiger partial charge < -0.3 is 5.32 Å². The van der Waals surface area contributed by atoms with Crippen molar-refractivity contribution in [2.24, 2.45) is 0 Å². The Hall–Kier alpha value is -1.74. The Kier molecular flexibility index (Phi) is 6.08. The van der Waals surface area contributed by atoms with Crippen LogP contribution in [0.15, 0.2) is 42.5 Å². The van der Waals surface area contributed by atoms with Crippen LogP contribution in [0.2, 0.25) is 0 Å². The summed E-state index contributed by atoms with van der Waals surface area (Å²) in [5, 5.41) is 3.00. The lowest BCUT2D eigenvalue weighted by Gasteiger charge is -2.09. The monoisotopic (exact) mass is 313 g/mol. The van der Waals surface area contributed by atoms with Crippen molar-refractivity contribution in [2.45, 2.75) is 26.5 Å². The van der Waals surface area contributed by atoms with Gasteiger partial charge in [-0.15, -0.1) is 0 Å². The summed E-state index contributed by atoms with van der Waals surface area (Å²) < 4.78 is 0. The van der Waals surface area contributed by atoms with Crippen LogP contribution in [-0.4, -0.2) is 18.2 Å². The van der Waals surface area contributed by atoms with Crippen LogP contribution in [-0.2, 0) is 5.75 Å². The third-order valence-electron chi connectivity index (χ3n) is 3.68. The molecule has 0 aliphatic heterocycles. The number of aryl methyl sites for hydroxylation is 3. The molecule has 2 nitrogen and oxygen atoms in total. The molecule has 0 radical (unpaired) electrons.